The molecule has 144 valence electrons. The number of fused-ring (bicyclic) bond motifs is 3. The Morgan fingerprint density at radius 1 is 0.900 bits per heavy atom. The lowest BCUT2D eigenvalue weighted by Crippen LogP contribution is -2.02. The topological polar surface area (TPSA) is 88.1 Å². The fourth-order valence-electron chi connectivity index (χ4n) is 3.36. The number of hydrogen-bond donors (Lipinski definition) is 1. The molecule has 0 unspecified atom stereocenters. The molecule has 0 saturated heterocycles. The van der Waals surface area contributed by atoms with Crippen LogP contribution in [0.15, 0.2) is 72.8 Å². The van der Waals surface area contributed by atoms with Gasteiger partial charge in [-0.15, -0.1) is 15.3 Å². The normalized spacial score (nSPS) is 10.8. The molecular weight excluding hydrogens is 376 g/mol. The summed E-state index contributed by atoms with van der Waals surface area (Å²) < 4.78 is 6.99. The highest BCUT2D eigenvalue weighted by Crippen LogP contribution is 2.29. The third-order valence-corrected chi connectivity index (χ3v) is 4.89. The van der Waals surface area contributed by atoms with Crippen molar-refractivity contribution >= 4 is 27.9 Å². The number of aromatic nitrogens is 4. The second-order valence-electron chi connectivity index (χ2n) is 6.70. The van der Waals surface area contributed by atoms with Crippen LogP contribution in [-0.4, -0.2) is 26.9 Å². The van der Waals surface area contributed by atoms with Crippen molar-refractivity contribution in [2.45, 2.75) is 0 Å². The van der Waals surface area contributed by atoms with E-state index < -0.39 is 0 Å². The van der Waals surface area contributed by atoms with E-state index in [4.69, 9.17) is 15.1 Å². The van der Waals surface area contributed by atoms with Gasteiger partial charge in [0.15, 0.2) is 17.3 Å². The summed E-state index contributed by atoms with van der Waals surface area (Å²) in [5.41, 5.74) is 3.01. The van der Waals surface area contributed by atoms with Gasteiger partial charge in [-0.1, -0.05) is 24.3 Å². The fourth-order valence-corrected chi connectivity index (χ4v) is 3.36. The summed E-state index contributed by atoms with van der Waals surface area (Å²) in [4.78, 5) is 0. The van der Waals surface area contributed by atoms with Crippen molar-refractivity contribution in [1.29, 1.82) is 5.26 Å². The highest BCUT2D eigenvalue weighted by Gasteiger charge is 2.15. The van der Waals surface area contributed by atoms with Crippen LogP contribution in [-0.2, 0) is 0 Å². The van der Waals surface area contributed by atoms with E-state index in [0.717, 1.165) is 27.8 Å². The van der Waals surface area contributed by atoms with Crippen molar-refractivity contribution in [3.63, 3.8) is 0 Å². The molecule has 2 heterocycles. The number of nitrogens with one attached hydrogen (secondary N) is 1. The Morgan fingerprint density at radius 2 is 1.63 bits per heavy atom. The molecule has 5 aromatic rings. The van der Waals surface area contributed by atoms with Gasteiger partial charge in [-0.05, 0) is 48.5 Å². The first-order valence-corrected chi connectivity index (χ1v) is 9.32. The first-order valence-electron chi connectivity index (χ1n) is 9.32. The minimum absolute atomic E-state index is 0.606. The van der Waals surface area contributed by atoms with E-state index in [0.29, 0.717) is 22.9 Å². The molecule has 0 spiro atoms. The van der Waals surface area contributed by atoms with E-state index in [1.54, 1.807) is 23.8 Å². The molecule has 7 nitrogen and oxygen atoms in total. The van der Waals surface area contributed by atoms with Gasteiger partial charge < -0.3 is 10.1 Å². The highest BCUT2D eigenvalue weighted by atomic mass is 16.5. The smallest absolute Gasteiger partial charge is 0.186 e. The molecule has 2 aromatic heterocycles. The Bertz CT molecular complexity index is 1400. The Kier molecular flexibility index (Phi) is 4.23. The van der Waals surface area contributed by atoms with E-state index in [2.05, 4.69) is 21.6 Å². The average molecular weight is 392 g/mol. The first-order chi connectivity index (χ1) is 14.8. The van der Waals surface area contributed by atoms with Gasteiger partial charge in [0, 0.05) is 22.0 Å². The maximum absolute atomic E-state index is 9.02. The summed E-state index contributed by atoms with van der Waals surface area (Å²) in [7, 11) is 1.64. The van der Waals surface area contributed by atoms with Crippen molar-refractivity contribution < 1.29 is 4.74 Å². The molecule has 0 amide bonds. The van der Waals surface area contributed by atoms with E-state index >= 15 is 0 Å². The average Bonchev–Trinajstić information content (AvgIpc) is 3.24. The van der Waals surface area contributed by atoms with Gasteiger partial charge in [0.1, 0.15) is 5.75 Å². The molecule has 0 saturated carbocycles. The SMILES string of the molecule is COc1ccc(-c2nnc3c4ccccc4c(Nc4ccc(C#N)cc4)nn23)cc1. The lowest BCUT2D eigenvalue weighted by molar-refractivity contribution is 0.415. The minimum Gasteiger partial charge on any atom is -0.497 e. The van der Waals surface area contributed by atoms with Crippen molar-refractivity contribution in [3.8, 4) is 23.2 Å². The molecule has 0 fully saturated rings. The Labute approximate surface area is 172 Å². The van der Waals surface area contributed by atoms with Crippen molar-refractivity contribution in [3.05, 3.63) is 78.4 Å². The molecular formula is C23H16N6O. The molecule has 0 aliphatic heterocycles. The van der Waals surface area contributed by atoms with E-state index in [1.165, 1.54) is 0 Å². The van der Waals surface area contributed by atoms with Gasteiger partial charge in [-0.2, -0.15) is 9.78 Å². The van der Waals surface area contributed by atoms with Crippen LogP contribution in [0.2, 0.25) is 0 Å². The van der Waals surface area contributed by atoms with E-state index in [9.17, 15) is 0 Å². The Morgan fingerprint density at radius 3 is 2.33 bits per heavy atom. The number of benzene rings is 3. The van der Waals surface area contributed by atoms with Crippen LogP contribution in [0.25, 0.3) is 27.8 Å². The number of hydrogen-bond acceptors (Lipinski definition) is 6. The number of nitriles is 1. The van der Waals surface area contributed by atoms with E-state index in [1.807, 2.05) is 60.7 Å². The molecule has 0 radical (unpaired) electrons. The molecule has 7 heteroatoms. The second kappa shape index (κ2) is 7.18. The third-order valence-electron chi connectivity index (χ3n) is 4.89. The van der Waals surface area contributed by atoms with Crippen molar-refractivity contribution in [1.82, 2.24) is 19.8 Å². The Hall–Kier alpha value is -4.44. The summed E-state index contributed by atoms with van der Waals surface area (Å²) in [6.07, 6.45) is 0. The molecule has 30 heavy (non-hydrogen) atoms. The summed E-state index contributed by atoms with van der Waals surface area (Å²) in [5, 5.41) is 27.8. The van der Waals surface area contributed by atoms with Gasteiger partial charge in [0.05, 0.1) is 18.7 Å². The van der Waals surface area contributed by atoms with Gasteiger partial charge >= 0.3 is 0 Å². The number of methoxy groups -OCH3 is 1. The lowest BCUT2D eigenvalue weighted by atomic mass is 10.1. The molecule has 0 aliphatic carbocycles. The summed E-state index contributed by atoms with van der Waals surface area (Å²) >= 11 is 0. The largest absolute Gasteiger partial charge is 0.497 e. The predicted molar refractivity (Wildman–Crippen MR) is 115 cm³/mol. The zero-order valence-corrected chi connectivity index (χ0v) is 16.1. The molecule has 0 bridgehead atoms. The zero-order valence-electron chi connectivity index (χ0n) is 16.1. The maximum Gasteiger partial charge on any atom is 0.186 e. The summed E-state index contributed by atoms with van der Waals surface area (Å²) in [6.45, 7) is 0. The molecule has 0 aliphatic rings. The number of rotatable bonds is 4. The third kappa shape index (κ3) is 2.97. The van der Waals surface area contributed by atoms with Crippen LogP contribution in [0, 0.1) is 11.3 Å². The van der Waals surface area contributed by atoms with Crippen LogP contribution < -0.4 is 10.1 Å². The van der Waals surface area contributed by atoms with Gasteiger partial charge in [-0.3, -0.25) is 0 Å². The quantitative estimate of drug-likeness (QED) is 0.482. The second-order valence-corrected chi connectivity index (χ2v) is 6.70. The van der Waals surface area contributed by atoms with Gasteiger partial charge in [0.25, 0.3) is 0 Å². The van der Waals surface area contributed by atoms with Crippen LogP contribution in [0.1, 0.15) is 5.56 Å². The molecule has 1 N–H and O–H groups in total. The monoisotopic (exact) mass is 392 g/mol. The predicted octanol–water partition coefficient (Wildman–Crippen LogP) is 4.57. The summed E-state index contributed by atoms with van der Waals surface area (Å²) in [6, 6.07) is 24.9. The van der Waals surface area contributed by atoms with Gasteiger partial charge in [0.2, 0.25) is 0 Å². The zero-order chi connectivity index (χ0) is 20.5. The maximum atomic E-state index is 9.02. The number of anilines is 2. The van der Waals surface area contributed by atoms with Crippen LogP contribution in [0.5, 0.6) is 5.75 Å². The molecule has 0 atom stereocenters. The Balaban J connectivity index is 1.67. The van der Waals surface area contributed by atoms with Crippen molar-refractivity contribution in [2.24, 2.45) is 0 Å². The van der Waals surface area contributed by atoms with E-state index in [-0.39, 0.29) is 0 Å². The highest BCUT2D eigenvalue weighted by molar-refractivity contribution is 6.01. The lowest BCUT2D eigenvalue weighted by Gasteiger charge is -2.11. The minimum atomic E-state index is 0.606. The standard InChI is InChI=1S/C23H16N6O/c1-30-18-12-8-16(9-13-18)22-26-27-23-20-5-3-2-4-19(20)21(28-29(22)23)25-17-10-6-15(14-24)7-11-17/h2-13H,1H3,(H,25,28). The molecule has 5 rings (SSSR count). The van der Waals surface area contributed by atoms with Crippen LogP contribution in [0.4, 0.5) is 11.5 Å². The number of ether oxygens (including phenoxy) is 1. The van der Waals surface area contributed by atoms with Crippen LogP contribution in [0.3, 0.4) is 0 Å². The number of nitrogens with zero attached hydrogens (tertiary/aromatic N) is 5. The van der Waals surface area contributed by atoms with Gasteiger partial charge in [-0.25, -0.2) is 0 Å². The van der Waals surface area contributed by atoms with Crippen molar-refractivity contribution in [2.75, 3.05) is 12.4 Å². The summed E-state index contributed by atoms with van der Waals surface area (Å²) in [5.74, 6) is 2.09. The first kappa shape index (κ1) is 17.6. The fraction of sp³-hybridized carbons (Fsp3) is 0.0435. The van der Waals surface area contributed by atoms with Crippen LogP contribution >= 0.6 is 0 Å². The molecule has 3 aromatic carbocycles.